The molecular formula is C24H30FN3O6. The van der Waals surface area contributed by atoms with Gasteiger partial charge in [-0.05, 0) is 43.7 Å². The van der Waals surface area contributed by atoms with Crippen LogP contribution in [0.5, 0.6) is 0 Å². The Morgan fingerprint density at radius 3 is 2.65 bits per heavy atom. The molecule has 10 heteroatoms. The summed E-state index contributed by atoms with van der Waals surface area (Å²) in [6.07, 6.45) is 3.50. The van der Waals surface area contributed by atoms with Gasteiger partial charge in [-0.2, -0.15) is 0 Å². The lowest BCUT2D eigenvalue weighted by molar-refractivity contribution is -0.142. The van der Waals surface area contributed by atoms with Gasteiger partial charge >= 0.3 is 6.09 Å². The van der Waals surface area contributed by atoms with Crippen LogP contribution in [-0.2, 0) is 14.3 Å². The summed E-state index contributed by atoms with van der Waals surface area (Å²) in [5, 5.41) is 0. The summed E-state index contributed by atoms with van der Waals surface area (Å²) in [6.45, 7) is 1.99. The molecular weight excluding hydrogens is 445 g/mol. The zero-order valence-corrected chi connectivity index (χ0v) is 19.0. The molecule has 1 aliphatic carbocycles. The number of hydrogen-bond acceptors (Lipinski definition) is 7. The van der Waals surface area contributed by atoms with E-state index in [0.29, 0.717) is 31.8 Å². The summed E-state index contributed by atoms with van der Waals surface area (Å²) >= 11 is 0. The van der Waals surface area contributed by atoms with E-state index in [9.17, 15) is 18.8 Å². The number of fused-ring (bicyclic) bond motifs is 1. The Morgan fingerprint density at radius 1 is 1.21 bits per heavy atom. The lowest BCUT2D eigenvalue weighted by Crippen LogP contribution is -2.46. The summed E-state index contributed by atoms with van der Waals surface area (Å²) in [5.41, 5.74) is 5.63. The van der Waals surface area contributed by atoms with Crippen molar-refractivity contribution in [3.8, 4) is 0 Å². The van der Waals surface area contributed by atoms with Crippen LogP contribution in [0.15, 0.2) is 22.6 Å². The van der Waals surface area contributed by atoms with Crippen molar-refractivity contribution in [1.82, 2.24) is 9.88 Å². The number of oxazole rings is 1. The van der Waals surface area contributed by atoms with E-state index in [-0.39, 0.29) is 48.7 Å². The standard InChI is InChI=1S/C24H30FN3O6/c25-17-5-6-19-20(14-17)34-22(27-19)21(29)16(7-10-33-24(26)31)13-18(15-3-1-2-4-15)23(30)28-8-11-32-12-9-28/h5-6,14-16,18H,1-4,7-13H2,(H2,26,31). The predicted octanol–water partition coefficient (Wildman–Crippen LogP) is 3.31. The summed E-state index contributed by atoms with van der Waals surface area (Å²) in [5.74, 6) is -1.84. The highest BCUT2D eigenvalue weighted by atomic mass is 19.1. The van der Waals surface area contributed by atoms with Crippen molar-refractivity contribution in [3.63, 3.8) is 0 Å². The normalized spacial score (nSPS) is 18.7. The van der Waals surface area contributed by atoms with Crippen LogP contribution in [0.3, 0.4) is 0 Å². The maximum atomic E-state index is 13.6. The van der Waals surface area contributed by atoms with Crippen molar-refractivity contribution in [2.24, 2.45) is 23.5 Å². The monoisotopic (exact) mass is 475 g/mol. The molecule has 1 aromatic heterocycles. The number of morpholine rings is 1. The van der Waals surface area contributed by atoms with Crippen molar-refractivity contribution < 1.29 is 32.7 Å². The van der Waals surface area contributed by atoms with Gasteiger partial charge in [0.2, 0.25) is 11.7 Å². The Morgan fingerprint density at radius 2 is 1.94 bits per heavy atom. The fraction of sp³-hybridized carbons (Fsp3) is 0.583. The number of primary amides is 1. The van der Waals surface area contributed by atoms with E-state index in [0.717, 1.165) is 25.7 Å². The predicted molar refractivity (Wildman–Crippen MR) is 119 cm³/mol. The minimum atomic E-state index is -0.930. The van der Waals surface area contributed by atoms with Gasteiger partial charge in [-0.3, -0.25) is 9.59 Å². The van der Waals surface area contributed by atoms with Crippen molar-refractivity contribution in [2.75, 3.05) is 32.9 Å². The molecule has 1 aromatic carbocycles. The van der Waals surface area contributed by atoms with Crippen LogP contribution in [0, 0.1) is 23.6 Å². The largest absolute Gasteiger partial charge is 0.450 e. The third-order valence-corrected chi connectivity index (χ3v) is 6.79. The van der Waals surface area contributed by atoms with Crippen molar-refractivity contribution in [1.29, 1.82) is 0 Å². The van der Waals surface area contributed by atoms with Crippen molar-refractivity contribution in [3.05, 3.63) is 29.9 Å². The molecule has 184 valence electrons. The number of ether oxygens (including phenoxy) is 2. The number of nitrogens with two attached hydrogens (primary N) is 1. The molecule has 4 rings (SSSR count). The minimum absolute atomic E-state index is 0.0310. The van der Waals surface area contributed by atoms with E-state index in [1.807, 2.05) is 4.90 Å². The van der Waals surface area contributed by atoms with Gasteiger partial charge in [-0.15, -0.1) is 0 Å². The highest BCUT2D eigenvalue weighted by Gasteiger charge is 2.38. The van der Waals surface area contributed by atoms with Gasteiger partial charge in [0.25, 0.3) is 5.89 Å². The molecule has 2 N–H and O–H groups in total. The maximum Gasteiger partial charge on any atom is 0.404 e. The van der Waals surface area contributed by atoms with Crippen LogP contribution in [0.1, 0.15) is 49.2 Å². The lowest BCUT2D eigenvalue weighted by atomic mass is 9.79. The number of carbonyl (C=O) groups is 3. The molecule has 2 atom stereocenters. The molecule has 2 fully saturated rings. The van der Waals surface area contributed by atoms with Crippen LogP contribution >= 0.6 is 0 Å². The highest BCUT2D eigenvalue weighted by molar-refractivity contribution is 5.96. The maximum absolute atomic E-state index is 13.6. The molecule has 1 saturated carbocycles. The summed E-state index contributed by atoms with van der Waals surface area (Å²) in [4.78, 5) is 44.1. The Hall–Kier alpha value is -3.01. The average molecular weight is 476 g/mol. The Labute approximate surface area is 196 Å². The number of nitrogens with zero attached hydrogens (tertiary/aromatic N) is 2. The molecule has 1 aliphatic heterocycles. The van der Waals surface area contributed by atoms with E-state index in [4.69, 9.17) is 19.6 Å². The Bertz CT molecular complexity index is 1030. The smallest absolute Gasteiger partial charge is 0.404 e. The molecule has 2 heterocycles. The first kappa shape index (κ1) is 24.1. The topological polar surface area (TPSA) is 125 Å². The van der Waals surface area contributed by atoms with Crippen LogP contribution in [0.4, 0.5) is 9.18 Å². The second kappa shape index (κ2) is 10.9. The molecule has 2 aromatic rings. The van der Waals surface area contributed by atoms with E-state index in [1.165, 1.54) is 18.2 Å². The molecule has 2 aliphatic rings. The lowest BCUT2D eigenvalue weighted by Gasteiger charge is -2.34. The fourth-order valence-corrected chi connectivity index (χ4v) is 5.02. The SMILES string of the molecule is NC(=O)OCCC(CC(C(=O)N1CCOCC1)C1CCCC1)C(=O)c1nc2ccc(F)cc2o1. The van der Waals surface area contributed by atoms with Crippen LogP contribution in [0.2, 0.25) is 0 Å². The van der Waals surface area contributed by atoms with Crippen LogP contribution in [0.25, 0.3) is 11.1 Å². The average Bonchev–Trinajstić information content (AvgIpc) is 3.50. The number of halogens is 1. The number of Topliss-reactive ketones (excluding diaryl/α,β-unsaturated/α-hetero) is 1. The first-order chi connectivity index (χ1) is 16.4. The van der Waals surface area contributed by atoms with Gasteiger partial charge in [0, 0.05) is 31.0 Å². The minimum Gasteiger partial charge on any atom is -0.450 e. The molecule has 2 unspecified atom stereocenters. The van der Waals surface area contributed by atoms with E-state index in [2.05, 4.69) is 4.98 Å². The quantitative estimate of drug-likeness (QED) is 0.552. The number of benzene rings is 1. The highest BCUT2D eigenvalue weighted by Crippen LogP contribution is 2.37. The zero-order valence-electron chi connectivity index (χ0n) is 19.0. The van der Waals surface area contributed by atoms with Gasteiger partial charge < -0.3 is 24.5 Å². The Kier molecular flexibility index (Phi) is 7.77. The molecule has 2 amide bonds. The number of carbonyl (C=O) groups excluding carboxylic acids is 3. The summed E-state index contributed by atoms with van der Waals surface area (Å²) < 4.78 is 29.4. The Balaban J connectivity index is 1.58. The fourth-order valence-electron chi connectivity index (χ4n) is 5.02. The van der Waals surface area contributed by atoms with Gasteiger partial charge in [0.1, 0.15) is 11.3 Å². The first-order valence-electron chi connectivity index (χ1n) is 11.8. The number of ketones is 1. The number of rotatable bonds is 9. The summed E-state index contributed by atoms with van der Waals surface area (Å²) in [7, 11) is 0. The van der Waals surface area contributed by atoms with E-state index in [1.54, 1.807) is 0 Å². The molecule has 0 spiro atoms. The van der Waals surface area contributed by atoms with Crippen molar-refractivity contribution in [2.45, 2.75) is 38.5 Å². The van der Waals surface area contributed by atoms with Crippen molar-refractivity contribution >= 4 is 28.9 Å². The molecule has 0 radical (unpaired) electrons. The second-order valence-corrected chi connectivity index (χ2v) is 8.97. The van der Waals surface area contributed by atoms with Gasteiger partial charge in [0.05, 0.1) is 19.8 Å². The number of amides is 2. The number of hydrogen-bond donors (Lipinski definition) is 1. The summed E-state index contributed by atoms with van der Waals surface area (Å²) in [6, 6.07) is 3.86. The van der Waals surface area contributed by atoms with Crippen LogP contribution < -0.4 is 5.73 Å². The third kappa shape index (κ3) is 5.72. The van der Waals surface area contributed by atoms with Gasteiger partial charge in [-0.25, -0.2) is 14.2 Å². The van der Waals surface area contributed by atoms with Gasteiger partial charge in [0.15, 0.2) is 5.58 Å². The molecule has 9 nitrogen and oxygen atoms in total. The van der Waals surface area contributed by atoms with Gasteiger partial charge in [-0.1, -0.05) is 12.8 Å². The van der Waals surface area contributed by atoms with E-state index < -0.39 is 23.6 Å². The molecule has 0 bridgehead atoms. The molecule has 1 saturated heterocycles. The molecule has 34 heavy (non-hydrogen) atoms. The first-order valence-corrected chi connectivity index (χ1v) is 11.8. The van der Waals surface area contributed by atoms with E-state index >= 15 is 0 Å². The van der Waals surface area contributed by atoms with Crippen LogP contribution in [-0.4, -0.2) is 60.6 Å². The zero-order chi connectivity index (χ0) is 24.1. The third-order valence-electron chi connectivity index (χ3n) is 6.79. The second-order valence-electron chi connectivity index (χ2n) is 8.97. The number of aromatic nitrogens is 1.